The second kappa shape index (κ2) is 7.99. The molecule has 2 unspecified atom stereocenters. The predicted molar refractivity (Wildman–Crippen MR) is 110 cm³/mol. The zero-order chi connectivity index (χ0) is 19.5. The van der Waals surface area contributed by atoms with Crippen molar-refractivity contribution in [2.24, 2.45) is 0 Å². The van der Waals surface area contributed by atoms with Gasteiger partial charge in [0.25, 0.3) is 0 Å². The Morgan fingerprint density at radius 1 is 0.929 bits per heavy atom. The third-order valence-corrected chi connectivity index (χ3v) is 5.07. The van der Waals surface area contributed by atoms with Crippen LogP contribution in [0.2, 0.25) is 0 Å². The minimum atomic E-state index is -0.439. The molecular formula is C25H24O3. The van der Waals surface area contributed by atoms with Gasteiger partial charge in [-0.05, 0) is 34.7 Å². The summed E-state index contributed by atoms with van der Waals surface area (Å²) in [6.45, 7) is 4.76. The van der Waals surface area contributed by atoms with Crippen molar-refractivity contribution in [1.82, 2.24) is 0 Å². The molecule has 0 bridgehead atoms. The van der Waals surface area contributed by atoms with E-state index in [0.29, 0.717) is 23.8 Å². The number of ketones is 1. The van der Waals surface area contributed by atoms with E-state index in [1.165, 1.54) is 5.56 Å². The summed E-state index contributed by atoms with van der Waals surface area (Å²) < 4.78 is 11.7. The van der Waals surface area contributed by atoms with E-state index in [1.807, 2.05) is 54.6 Å². The SMILES string of the molecule is CC(C)c1ccc(C2OC2C(=O)c2ccccc2OCc2ccccc2)cc1. The van der Waals surface area contributed by atoms with E-state index in [0.717, 1.165) is 11.1 Å². The Morgan fingerprint density at radius 2 is 1.61 bits per heavy atom. The number of hydrogen-bond donors (Lipinski definition) is 0. The van der Waals surface area contributed by atoms with Crippen LogP contribution in [0.5, 0.6) is 5.75 Å². The quantitative estimate of drug-likeness (QED) is 0.394. The molecule has 0 amide bonds. The van der Waals surface area contributed by atoms with Gasteiger partial charge in [-0.15, -0.1) is 0 Å². The van der Waals surface area contributed by atoms with Gasteiger partial charge in [-0.2, -0.15) is 0 Å². The Bertz CT molecular complexity index is 945. The number of carbonyl (C=O) groups is 1. The molecule has 0 N–H and O–H groups in total. The lowest BCUT2D eigenvalue weighted by Crippen LogP contribution is -2.10. The zero-order valence-corrected chi connectivity index (χ0v) is 16.2. The molecule has 3 nitrogen and oxygen atoms in total. The summed E-state index contributed by atoms with van der Waals surface area (Å²) in [4.78, 5) is 13.0. The first-order valence-electron chi connectivity index (χ1n) is 9.69. The third kappa shape index (κ3) is 4.00. The van der Waals surface area contributed by atoms with Crippen molar-refractivity contribution in [2.75, 3.05) is 0 Å². The molecule has 0 saturated carbocycles. The highest BCUT2D eigenvalue weighted by atomic mass is 16.6. The van der Waals surface area contributed by atoms with Crippen molar-refractivity contribution in [1.29, 1.82) is 0 Å². The summed E-state index contributed by atoms with van der Waals surface area (Å²) in [5, 5.41) is 0. The van der Waals surface area contributed by atoms with Crippen molar-refractivity contribution < 1.29 is 14.3 Å². The fourth-order valence-electron chi connectivity index (χ4n) is 3.32. The highest BCUT2D eigenvalue weighted by Crippen LogP contribution is 2.42. The highest BCUT2D eigenvalue weighted by Gasteiger charge is 2.46. The van der Waals surface area contributed by atoms with Gasteiger partial charge in [0.1, 0.15) is 18.5 Å². The van der Waals surface area contributed by atoms with Crippen LogP contribution in [0, 0.1) is 0 Å². The van der Waals surface area contributed by atoms with Crippen molar-refractivity contribution in [3.8, 4) is 5.75 Å². The summed E-state index contributed by atoms with van der Waals surface area (Å²) in [5.74, 6) is 1.06. The lowest BCUT2D eigenvalue weighted by atomic mass is 9.98. The molecule has 0 radical (unpaired) electrons. The summed E-state index contributed by atoms with van der Waals surface area (Å²) in [6.07, 6.45) is -0.609. The van der Waals surface area contributed by atoms with Crippen LogP contribution in [-0.2, 0) is 11.3 Å². The standard InChI is InChI=1S/C25H24O3/c1-17(2)19-12-14-20(15-13-19)24-25(28-24)23(26)21-10-6-7-11-22(21)27-16-18-8-4-3-5-9-18/h3-15,17,24-25H,16H2,1-2H3. The number of carbonyl (C=O) groups excluding carboxylic acids is 1. The molecule has 0 aromatic heterocycles. The van der Waals surface area contributed by atoms with E-state index in [4.69, 9.17) is 9.47 Å². The van der Waals surface area contributed by atoms with E-state index >= 15 is 0 Å². The second-order valence-corrected chi connectivity index (χ2v) is 7.43. The average molecular weight is 372 g/mol. The summed E-state index contributed by atoms with van der Waals surface area (Å²) >= 11 is 0. The van der Waals surface area contributed by atoms with Crippen molar-refractivity contribution >= 4 is 5.78 Å². The molecule has 1 aliphatic heterocycles. The van der Waals surface area contributed by atoms with Crippen LogP contribution < -0.4 is 4.74 Å². The van der Waals surface area contributed by atoms with Crippen LogP contribution in [0.3, 0.4) is 0 Å². The van der Waals surface area contributed by atoms with Gasteiger partial charge in [-0.1, -0.05) is 80.6 Å². The molecule has 0 aliphatic carbocycles. The van der Waals surface area contributed by atoms with E-state index in [9.17, 15) is 4.79 Å². The molecule has 1 heterocycles. The molecular weight excluding hydrogens is 348 g/mol. The Morgan fingerprint density at radius 3 is 2.32 bits per heavy atom. The number of epoxide rings is 1. The normalized spacial score (nSPS) is 18.1. The van der Waals surface area contributed by atoms with Crippen LogP contribution in [-0.4, -0.2) is 11.9 Å². The lowest BCUT2D eigenvalue weighted by Gasteiger charge is -2.10. The lowest BCUT2D eigenvalue weighted by molar-refractivity contribution is 0.0949. The Balaban J connectivity index is 1.45. The first-order chi connectivity index (χ1) is 13.6. The molecule has 0 spiro atoms. The van der Waals surface area contributed by atoms with Crippen LogP contribution in [0.4, 0.5) is 0 Å². The Kier molecular flexibility index (Phi) is 5.27. The van der Waals surface area contributed by atoms with Crippen molar-refractivity contribution in [2.45, 2.75) is 38.6 Å². The predicted octanol–water partition coefficient (Wildman–Crippen LogP) is 5.71. The minimum absolute atomic E-state index is 0.0263. The zero-order valence-electron chi connectivity index (χ0n) is 16.2. The minimum Gasteiger partial charge on any atom is -0.488 e. The molecule has 2 atom stereocenters. The van der Waals surface area contributed by atoms with Gasteiger partial charge in [-0.25, -0.2) is 0 Å². The summed E-state index contributed by atoms with van der Waals surface area (Å²) in [6, 6.07) is 25.7. The fraction of sp³-hybridized carbons (Fsp3) is 0.240. The smallest absolute Gasteiger partial charge is 0.198 e. The molecule has 142 valence electrons. The molecule has 1 fully saturated rings. The molecule has 4 rings (SSSR count). The second-order valence-electron chi connectivity index (χ2n) is 7.43. The maximum Gasteiger partial charge on any atom is 0.198 e. The maximum atomic E-state index is 13.0. The van der Waals surface area contributed by atoms with Gasteiger partial charge in [0.2, 0.25) is 0 Å². The van der Waals surface area contributed by atoms with Gasteiger partial charge in [0.05, 0.1) is 5.56 Å². The molecule has 3 aromatic rings. The van der Waals surface area contributed by atoms with Crippen molar-refractivity contribution in [3.05, 3.63) is 101 Å². The summed E-state index contributed by atoms with van der Waals surface area (Å²) in [7, 11) is 0. The number of rotatable bonds is 7. The summed E-state index contributed by atoms with van der Waals surface area (Å²) in [5.41, 5.74) is 3.97. The first kappa shape index (κ1) is 18.5. The number of hydrogen-bond acceptors (Lipinski definition) is 3. The van der Waals surface area contributed by atoms with Gasteiger partial charge in [-0.3, -0.25) is 4.79 Å². The highest BCUT2D eigenvalue weighted by molar-refractivity contribution is 6.03. The first-order valence-corrected chi connectivity index (χ1v) is 9.69. The largest absolute Gasteiger partial charge is 0.488 e. The third-order valence-electron chi connectivity index (χ3n) is 5.07. The maximum absolute atomic E-state index is 13.0. The number of Topliss-reactive ketones (excluding diaryl/α,β-unsaturated/α-hetero) is 1. The van der Waals surface area contributed by atoms with Gasteiger partial charge in [0, 0.05) is 0 Å². The van der Waals surface area contributed by atoms with Crippen LogP contribution in [0.15, 0.2) is 78.9 Å². The van der Waals surface area contributed by atoms with Crippen molar-refractivity contribution in [3.63, 3.8) is 0 Å². The van der Waals surface area contributed by atoms with E-state index in [-0.39, 0.29) is 11.9 Å². The van der Waals surface area contributed by atoms with E-state index < -0.39 is 6.10 Å². The number of para-hydroxylation sites is 1. The average Bonchev–Trinajstić information content (AvgIpc) is 3.54. The molecule has 28 heavy (non-hydrogen) atoms. The molecule has 3 heteroatoms. The molecule has 3 aromatic carbocycles. The van der Waals surface area contributed by atoms with E-state index in [1.54, 1.807) is 0 Å². The number of ether oxygens (including phenoxy) is 2. The molecule has 1 aliphatic rings. The number of benzene rings is 3. The van der Waals surface area contributed by atoms with Gasteiger partial charge >= 0.3 is 0 Å². The van der Waals surface area contributed by atoms with Gasteiger partial charge in [0.15, 0.2) is 11.9 Å². The monoisotopic (exact) mass is 372 g/mol. The molecule has 1 saturated heterocycles. The fourth-order valence-corrected chi connectivity index (χ4v) is 3.32. The topological polar surface area (TPSA) is 38.8 Å². The van der Waals surface area contributed by atoms with Crippen LogP contribution in [0.25, 0.3) is 0 Å². The Labute approximate surface area is 165 Å². The van der Waals surface area contributed by atoms with Crippen LogP contribution >= 0.6 is 0 Å². The van der Waals surface area contributed by atoms with Gasteiger partial charge < -0.3 is 9.47 Å². The van der Waals surface area contributed by atoms with Crippen LogP contribution in [0.1, 0.15) is 52.9 Å². The Hall–Kier alpha value is -2.91. The van der Waals surface area contributed by atoms with E-state index in [2.05, 4.69) is 38.1 Å².